The lowest BCUT2D eigenvalue weighted by Gasteiger charge is -2.16. The summed E-state index contributed by atoms with van der Waals surface area (Å²) in [4.78, 5) is 14.8. The molecular weight excluding hydrogens is 260 g/mol. The Hall–Kier alpha value is -2.55. The van der Waals surface area contributed by atoms with Gasteiger partial charge in [-0.05, 0) is 24.1 Å². The number of carbonyl (C=O) groups is 1. The van der Waals surface area contributed by atoms with Gasteiger partial charge in [-0.1, -0.05) is 36.4 Å². The minimum absolute atomic E-state index is 0.0942. The van der Waals surface area contributed by atoms with E-state index in [-0.39, 0.29) is 5.91 Å². The first-order chi connectivity index (χ1) is 10.3. The van der Waals surface area contributed by atoms with E-state index in [0.717, 1.165) is 35.1 Å². The molecule has 0 aliphatic carbocycles. The van der Waals surface area contributed by atoms with Crippen molar-refractivity contribution in [1.29, 1.82) is 0 Å². The number of carbonyl (C=O) groups excluding carboxylic acids is 1. The van der Waals surface area contributed by atoms with Crippen molar-refractivity contribution in [2.45, 2.75) is 6.42 Å². The fourth-order valence-electron chi connectivity index (χ4n) is 3.21. The SMILES string of the molecule is Cn1cc(C(=O)N2CCc3ccccc32)c2ccccc21. The summed E-state index contributed by atoms with van der Waals surface area (Å²) < 4.78 is 2.02. The predicted octanol–water partition coefficient (Wildman–Crippen LogP) is 3.38. The lowest BCUT2D eigenvalue weighted by Crippen LogP contribution is -2.28. The molecule has 1 aromatic heterocycles. The van der Waals surface area contributed by atoms with Crippen molar-refractivity contribution < 1.29 is 4.79 Å². The molecule has 1 aliphatic heterocycles. The lowest BCUT2D eigenvalue weighted by atomic mass is 10.1. The molecule has 1 amide bonds. The van der Waals surface area contributed by atoms with Crippen molar-refractivity contribution in [3.05, 3.63) is 65.9 Å². The molecule has 2 heterocycles. The number of anilines is 1. The van der Waals surface area contributed by atoms with E-state index in [0.29, 0.717) is 0 Å². The monoisotopic (exact) mass is 276 g/mol. The zero-order chi connectivity index (χ0) is 14.4. The van der Waals surface area contributed by atoms with E-state index in [4.69, 9.17) is 0 Å². The van der Waals surface area contributed by atoms with Crippen LogP contribution in [0.15, 0.2) is 54.7 Å². The van der Waals surface area contributed by atoms with Gasteiger partial charge in [0.1, 0.15) is 0 Å². The number of hydrogen-bond donors (Lipinski definition) is 0. The number of aromatic nitrogens is 1. The maximum Gasteiger partial charge on any atom is 0.260 e. The van der Waals surface area contributed by atoms with Crippen LogP contribution in [-0.4, -0.2) is 17.0 Å². The second kappa shape index (κ2) is 4.48. The van der Waals surface area contributed by atoms with Gasteiger partial charge in [-0.2, -0.15) is 0 Å². The molecule has 2 aromatic carbocycles. The second-order valence-electron chi connectivity index (χ2n) is 5.51. The summed E-state index contributed by atoms with van der Waals surface area (Å²) in [5.74, 6) is 0.0942. The first kappa shape index (κ1) is 12.2. The molecule has 104 valence electrons. The molecule has 3 nitrogen and oxygen atoms in total. The molecule has 0 saturated heterocycles. The van der Waals surface area contributed by atoms with E-state index in [1.54, 1.807) is 0 Å². The van der Waals surface area contributed by atoms with Crippen molar-refractivity contribution >= 4 is 22.5 Å². The normalized spacial score (nSPS) is 13.7. The van der Waals surface area contributed by atoms with Crippen LogP contribution in [0.1, 0.15) is 15.9 Å². The Morgan fingerprint density at radius 2 is 1.81 bits per heavy atom. The van der Waals surface area contributed by atoms with Gasteiger partial charge in [0.25, 0.3) is 5.91 Å². The fraction of sp³-hybridized carbons (Fsp3) is 0.167. The maximum absolute atomic E-state index is 12.9. The highest BCUT2D eigenvalue weighted by Crippen LogP contribution is 2.30. The van der Waals surface area contributed by atoms with Gasteiger partial charge in [0, 0.05) is 36.4 Å². The Morgan fingerprint density at radius 1 is 1.05 bits per heavy atom. The molecule has 0 bridgehead atoms. The number of fused-ring (bicyclic) bond motifs is 2. The molecule has 0 atom stereocenters. The first-order valence-corrected chi connectivity index (χ1v) is 7.19. The van der Waals surface area contributed by atoms with Crippen LogP contribution in [0.4, 0.5) is 5.69 Å². The van der Waals surface area contributed by atoms with E-state index in [1.807, 2.05) is 65.2 Å². The average Bonchev–Trinajstić information content (AvgIpc) is 3.09. The highest BCUT2D eigenvalue weighted by Gasteiger charge is 2.27. The first-order valence-electron chi connectivity index (χ1n) is 7.19. The number of rotatable bonds is 1. The molecule has 0 unspecified atom stereocenters. The largest absolute Gasteiger partial charge is 0.350 e. The molecular formula is C18H16N2O. The Labute approximate surface area is 123 Å². The standard InChI is InChI=1S/C18H16N2O/c1-19-12-15(14-7-3-5-9-17(14)19)18(21)20-11-10-13-6-2-4-8-16(13)20/h2-9,12H,10-11H2,1H3. The molecule has 21 heavy (non-hydrogen) atoms. The average molecular weight is 276 g/mol. The van der Waals surface area contributed by atoms with Crippen LogP contribution in [0.3, 0.4) is 0 Å². The number of nitrogens with zero attached hydrogens (tertiary/aromatic N) is 2. The Balaban J connectivity index is 1.82. The van der Waals surface area contributed by atoms with Crippen LogP contribution < -0.4 is 4.90 Å². The Morgan fingerprint density at radius 3 is 2.71 bits per heavy atom. The van der Waals surface area contributed by atoms with Crippen molar-refractivity contribution in [3.63, 3.8) is 0 Å². The van der Waals surface area contributed by atoms with E-state index >= 15 is 0 Å². The number of amides is 1. The summed E-state index contributed by atoms with van der Waals surface area (Å²) in [5.41, 5.74) is 4.18. The van der Waals surface area contributed by atoms with Gasteiger partial charge in [-0.25, -0.2) is 0 Å². The summed E-state index contributed by atoms with van der Waals surface area (Å²) in [6.07, 6.45) is 2.88. The predicted molar refractivity (Wildman–Crippen MR) is 84.7 cm³/mol. The molecule has 0 fully saturated rings. The molecule has 1 aliphatic rings. The van der Waals surface area contributed by atoms with Crippen molar-refractivity contribution in [3.8, 4) is 0 Å². The van der Waals surface area contributed by atoms with Gasteiger partial charge >= 0.3 is 0 Å². The molecule has 3 aromatic rings. The topological polar surface area (TPSA) is 25.2 Å². The van der Waals surface area contributed by atoms with Gasteiger partial charge in [0.2, 0.25) is 0 Å². The molecule has 0 radical (unpaired) electrons. The number of aryl methyl sites for hydroxylation is 1. The zero-order valence-corrected chi connectivity index (χ0v) is 11.9. The van der Waals surface area contributed by atoms with E-state index in [2.05, 4.69) is 6.07 Å². The molecule has 0 spiro atoms. The molecule has 0 saturated carbocycles. The lowest BCUT2D eigenvalue weighted by molar-refractivity contribution is 0.0991. The van der Waals surface area contributed by atoms with Crippen LogP contribution >= 0.6 is 0 Å². The zero-order valence-electron chi connectivity index (χ0n) is 11.9. The van der Waals surface area contributed by atoms with Crippen LogP contribution in [-0.2, 0) is 13.5 Å². The van der Waals surface area contributed by atoms with Crippen LogP contribution in [0.25, 0.3) is 10.9 Å². The fourth-order valence-corrected chi connectivity index (χ4v) is 3.21. The Kier molecular flexibility index (Phi) is 2.61. The van der Waals surface area contributed by atoms with Gasteiger partial charge < -0.3 is 9.47 Å². The summed E-state index contributed by atoms with van der Waals surface area (Å²) >= 11 is 0. The van der Waals surface area contributed by atoms with Crippen molar-refractivity contribution in [1.82, 2.24) is 4.57 Å². The maximum atomic E-state index is 12.9. The third kappa shape index (κ3) is 1.77. The molecule has 3 heteroatoms. The summed E-state index contributed by atoms with van der Waals surface area (Å²) in [5, 5.41) is 1.02. The molecule has 4 rings (SSSR count). The Bertz CT molecular complexity index is 847. The van der Waals surface area contributed by atoms with Crippen molar-refractivity contribution in [2.24, 2.45) is 7.05 Å². The summed E-state index contributed by atoms with van der Waals surface area (Å²) in [6, 6.07) is 16.2. The highest BCUT2D eigenvalue weighted by atomic mass is 16.2. The minimum atomic E-state index is 0.0942. The minimum Gasteiger partial charge on any atom is -0.350 e. The number of hydrogen-bond acceptors (Lipinski definition) is 1. The van der Waals surface area contributed by atoms with Gasteiger partial charge in [-0.15, -0.1) is 0 Å². The van der Waals surface area contributed by atoms with Gasteiger partial charge in [-0.3, -0.25) is 4.79 Å². The van der Waals surface area contributed by atoms with E-state index in [9.17, 15) is 4.79 Å². The van der Waals surface area contributed by atoms with Crippen LogP contribution in [0.5, 0.6) is 0 Å². The third-order valence-electron chi connectivity index (χ3n) is 4.26. The second-order valence-corrected chi connectivity index (χ2v) is 5.51. The quantitative estimate of drug-likeness (QED) is 0.669. The van der Waals surface area contributed by atoms with Crippen molar-refractivity contribution in [2.75, 3.05) is 11.4 Å². The summed E-state index contributed by atoms with van der Waals surface area (Å²) in [6.45, 7) is 0.765. The highest BCUT2D eigenvalue weighted by molar-refractivity contribution is 6.14. The van der Waals surface area contributed by atoms with E-state index < -0.39 is 0 Å². The van der Waals surface area contributed by atoms with Gasteiger partial charge in [0.05, 0.1) is 5.56 Å². The third-order valence-corrected chi connectivity index (χ3v) is 4.26. The summed E-state index contributed by atoms with van der Waals surface area (Å²) in [7, 11) is 1.98. The number of para-hydroxylation sites is 2. The van der Waals surface area contributed by atoms with Crippen LogP contribution in [0, 0.1) is 0 Å². The van der Waals surface area contributed by atoms with E-state index in [1.165, 1.54) is 5.56 Å². The smallest absolute Gasteiger partial charge is 0.260 e. The van der Waals surface area contributed by atoms with Gasteiger partial charge in [0.15, 0.2) is 0 Å². The molecule has 0 N–H and O–H groups in total. The number of benzene rings is 2. The van der Waals surface area contributed by atoms with Crippen LogP contribution in [0.2, 0.25) is 0 Å².